The first-order valence-corrected chi connectivity index (χ1v) is 6.90. The minimum Gasteiger partial charge on any atom is -0.324 e. The van der Waals surface area contributed by atoms with Crippen LogP contribution in [0.15, 0.2) is 24.3 Å². The molecule has 4 atom stereocenters. The van der Waals surface area contributed by atoms with Gasteiger partial charge in [-0.25, -0.2) is 0 Å². The Labute approximate surface area is 105 Å². The Morgan fingerprint density at radius 2 is 1.71 bits per heavy atom. The smallest absolute Gasteiger partial charge is 0.0323 e. The zero-order chi connectivity index (χ0) is 12.4. The predicted molar refractivity (Wildman–Crippen MR) is 73.8 cm³/mol. The van der Waals surface area contributed by atoms with E-state index >= 15 is 0 Å². The van der Waals surface area contributed by atoms with Gasteiger partial charge in [0.25, 0.3) is 0 Å². The predicted octanol–water partition coefficient (Wildman–Crippen LogP) is 4.07. The van der Waals surface area contributed by atoms with Crippen molar-refractivity contribution in [3.63, 3.8) is 0 Å². The molecule has 0 aliphatic heterocycles. The third-order valence-electron chi connectivity index (χ3n) is 4.61. The van der Waals surface area contributed by atoms with Gasteiger partial charge in [-0.15, -0.1) is 0 Å². The highest BCUT2D eigenvalue weighted by Crippen LogP contribution is 2.38. The number of hydrogen-bond donors (Lipinski definition) is 1. The molecule has 1 saturated carbocycles. The second-order valence-corrected chi connectivity index (χ2v) is 5.96. The van der Waals surface area contributed by atoms with E-state index in [1.807, 2.05) is 0 Å². The molecular weight excluding hydrogens is 206 g/mol. The lowest BCUT2D eigenvalue weighted by Gasteiger charge is -2.35. The van der Waals surface area contributed by atoms with Crippen LogP contribution < -0.4 is 5.73 Å². The molecule has 1 aliphatic rings. The zero-order valence-electron chi connectivity index (χ0n) is 11.3. The first-order chi connectivity index (χ1) is 8.08. The van der Waals surface area contributed by atoms with E-state index in [2.05, 4.69) is 45.0 Å². The fourth-order valence-corrected chi connectivity index (χ4v) is 2.98. The van der Waals surface area contributed by atoms with Gasteiger partial charge >= 0.3 is 0 Å². The first-order valence-electron chi connectivity index (χ1n) is 6.90. The van der Waals surface area contributed by atoms with E-state index in [4.69, 9.17) is 5.73 Å². The molecule has 0 saturated heterocycles. The Morgan fingerprint density at radius 1 is 1.06 bits per heavy atom. The molecule has 0 heterocycles. The van der Waals surface area contributed by atoms with Crippen LogP contribution >= 0.6 is 0 Å². The summed E-state index contributed by atoms with van der Waals surface area (Å²) in [6.07, 6.45) is 3.92. The Kier molecular flexibility index (Phi) is 3.88. The van der Waals surface area contributed by atoms with Gasteiger partial charge in [0.1, 0.15) is 0 Å². The monoisotopic (exact) mass is 231 g/mol. The maximum absolute atomic E-state index is 6.43. The van der Waals surface area contributed by atoms with Crippen LogP contribution in [0.25, 0.3) is 0 Å². The molecule has 0 amide bonds. The fourth-order valence-electron chi connectivity index (χ4n) is 2.98. The number of aryl methyl sites for hydroxylation is 1. The van der Waals surface area contributed by atoms with E-state index in [1.54, 1.807) is 0 Å². The van der Waals surface area contributed by atoms with Gasteiger partial charge in [0.05, 0.1) is 0 Å². The fraction of sp³-hybridized carbons (Fsp3) is 0.625. The van der Waals surface area contributed by atoms with Gasteiger partial charge in [-0.2, -0.15) is 0 Å². The third-order valence-corrected chi connectivity index (χ3v) is 4.61. The van der Waals surface area contributed by atoms with Gasteiger partial charge < -0.3 is 5.73 Å². The van der Waals surface area contributed by atoms with Crippen molar-refractivity contribution in [3.8, 4) is 0 Å². The molecular formula is C16H25N. The van der Waals surface area contributed by atoms with Gasteiger partial charge in [0.2, 0.25) is 0 Å². The number of rotatable bonds is 2. The minimum absolute atomic E-state index is 0.227. The second-order valence-electron chi connectivity index (χ2n) is 5.96. The van der Waals surface area contributed by atoms with Gasteiger partial charge in [-0.1, -0.05) is 50.1 Å². The van der Waals surface area contributed by atoms with Crippen LogP contribution in [0, 0.1) is 24.7 Å². The average Bonchev–Trinajstić information content (AvgIpc) is 2.33. The van der Waals surface area contributed by atoms with Crippen LogP contribution in [-0.4, -0.2) is 0 Å². The largest absolute Gasteiger partial charge is 0.324 e. The summed E-state index contributed by atoms with van der Waals surface area (Å²) in [4.78, 5) is 0. The van der Waals surface area contributed by atoms with E-state index in [0.29, 0.717) is 5.92 Å². The molecule has 0 bridgehead atoms. The highest BCUT2D eigenvalue weighted by atomic mass is 14.7. The standard InChI is InChI=1S/C16H25N/c1-11-4-7-14(8-5-11)16(17)15-9-6-12(2)13(3)10-15/h4-5,7-8,12-13,15-16H,6,9-10,17H2,1-3H3. The summed E-state index contributed by atoms with van der Waals surface area (Å²) < 4.78 is 0. The topological polar surface area (TPSA) is 26.0 Å². The van der Waals surface area contributed by atoms with Crippen molar-refractivity contribution in [2.24, 2.45) is 23.5 Å². The van der Waals surface area contributed by atoms with Gasteiger partial charge in [0.15, 0.2) is 0 Å². The second kappa shape index (κ2) is 5.22. The molecule has 1 fully saturated rings. The molecule has 1 aliphatic carbocycles. The summed E-state index contributed by atoms with van der Waals surface area (Å²) >= 11 is 0. The van der Waals surface area contributed by atoms with E-state index in [0.717, 1.165) is 11.8 Å². The lowest BCUT2D eigenvalue weighted by atomic mass is 9.72. The van der Waals surface area contributed by atoms with Crippen LogP contribution in [0.3, 0.4) is 0 Å². The molecule has 0 aromatic heterocycles. The van der Waals surface area contributed by atoms with Gasteiger partial charge in [0, 0.05) is 6.04 Å². The maximum atomic E-state index is 6.43. The van der Waals surface area contributed by atoms with Crippen LogP contribution in [0.2, 0.25) is 0 Å². The summed E-state index contributed by atoms with van der Waals surface area (Å²) in [5.74, 6) is 2.37. The summed E-state index contributed by atoms with van der Waals surface area (Å²) in [5, 5.41) is 0. The Hall–Kier alpha value is -0.820. The van der Waals surface area contributed by atoms with Crippen molar-refractivity contribution < 1.29 is 0 Å². The van der Waals surface area contributed by atoms with Crippen molar-refractivity contribution in [3.05, 3.63) is 35.4 Å². The van der Waals surface area contributed by atoms with Crippen LogP contribution in [0.5, 0.6) is 0 Å². The third kappa shape index (κ3) is 2.90. The Bertz CT molecular complexity index is 354. The summed E-state index contributed by atoms with van der Waals surface area (Å²) in [5.41, 5.74) is 9.05. The van der Waals surface area contributed by atoms with Gasteiger partial charge in [-0.3, -0.25) is 0 Å². The molecule has 17 heavy (non-hydrogen) atoms. The quantitative estimate of drug-likeness (QED) is 0.816. The molecule has 2 rings (SSSR count). The SMILES string of the molecule is Cc1ccc(C(N)C2CCC(C)C(C)C2)cc1. The molecule has 1 aromatic carbocycles. The number of hydrogen-bond acceptors (Lipinski definition) is 1. The lowest BCUT2D eigenvalue weighted by molar-refractivity contribution is 0.186. The van der Waals surface area contributed by atoms with Crippen molar-refractivity contribution >= 4 is 0 Å². The average molecular weight is 231 g/mol. The molecule has 1 nitrogen and oxygen atoms in total. The molecule has 94 valence electrons. The first kappa shape index (κ1) is 12.6. The van der Waals surface area contributed by atoms with Gasteiger partial charge in [-0.05, 0) is 43.1 Å². The summed E-state index contributed by atoms with van der Waals surface area (Å²) in [7, 11) is 0. The molecule has 0 radical (unpaired) electrons. The molecule has 1 aromatic rings. The molecule has 1 heteroatoms. The minimum atomic E-state index is 0.227. The van der Waals surface area contributed by atoms with Crippen LogP contribution in [0.4, 0.5) is 0 Å². The molecule has 4 unspecified atom stereocenters. The van der Waals surface area contributed by atoms with E-state index < -0.39 is 0 Å². The van der Waals surface area contributed by atoms with Crippen molar-refractivity contribution in [1.29, 1.82) is 0 Å². The Morgan fingerprint density at radius 3 is 2.29 bits per heavy atom. The molecule has 0 spiro atoms. The van der Waals surface area contributed by atoms with Crippen LogP contribution in [-0.2, 0) is 0 Å². The van der Waals surface area contributed by atoms with Crippen molar-refractivity contribution in [1.82, 2.24) is 0 Å². The number of benzene rings is 1. The highest BCUT2D eigenvalue weighted by Gasteiger charge is 2.28. The Balaban J connectivity index is 2.05. The molecule has 2 N–H and O–H groups in total. The number of nitrogens with two attached hydrogens (primary N) is 1. The van der Waals surface area contributed by atoms with E-state index in [1.165, 1.54) is 30.4 Å². The van der Waals surface area contributed by atoms with Crippen LogP contribution in [0.1, 0.15) is 50.3 Å². The van der Waals surface area contributed by atoms with E-state index in [-0.39, 0.29) is 6.04 Å². The summed E-state index contributed by atoms with van der Waals surface area (Å²) in [6, 6.07) is 8.96. The maximum Gasteiger partial charge on any atom is 0.0323 e. The van der Waals surface area contributed by atoms with Crippen molar-refractivity contribution in [2.45, 2.75) is 46.1 Å². The van der Waals surface area contributed by atoms with E-state index in [9.17, 15) is 0 Å². The zero-order valence-corrected chi connectivity index (χ0v) is 11.3. The highest BCUT2D eigenvalue weighted by molar-refractivity contribution is 5.24. The summed E-state index contributed by atoms with van der Waals surface area (Å²) in [6.45, 7) is 6.87. The van der Waals surface area contributed by atoms with Crippen molar-refractivity contribution in [2.75, 3.05) is 0 Å². The lowest BCUT2D eigenvalue weighted by Crippen LogP contribution is -2.29. The normalized spacial score (nSPS) is 31.2.